The molecule has 0 fully saturated rings. The summed E-state index contributed by atoms with van der Waals surface area (Å²) in [6.45, 7) is 0. The number of hydrogen-bond acceptors (Lipinski definition) is 6. The quantitative estimate of drug-likeness (QED) is 0.310. The van der Waals surface area contributed by atoms with Gasteiger partial charge >= 0.3 is 0 Å². The number of hydrogen-bond donors (Lipinski definition) is 4. The topological polar surface area (TPSA) is 138 Å². The van der Waals surface area contributed by atoms with Crippen molar-refractivity contribution in [1.82, 2.24) is 0 Å². The maximum atomic E-state index is 13.2. The van der Waals surface area contributed by atoms with Crippen molar-refractivity contribution in [2.45, 2.75) is 0 Å². The highest BCUT2D eigenvalue weighted by molar-refractivity contribution is 6.30. The third-order valence-corrected chi connectivity index (χ3v) is 5.34. The Morgan fingerprint density at radius 1 is 0.393 bits per heavy atom. The number of benzene rings is 4. The number of carbonyl (C=O) groups is 2. The molecule has 0 amide bonds. The first-order valence-electron chi connectivity index (χ1n) is 8.68. The number of carbonyl (C=O) groups excluding carboxylic acids is 2. The monoisotopic (exact) mass is 368 g/mol. The Kier molecular flexibility index (Phi) is 3.02. The number of nitrogen functional groups attached to an aromatic ring is 4. The zero-order valence-corrected chi connectivity index (χ0v) is 14.7. The molecule has 0 saturated heterocycles. The van der Waals surface area contributed by atoms with Gasteiger partial charge < -0.3 is 22.9 Å². The first-order chi connectivity index (χ1) is 13.3. The van der Waals surface area contributed by atoms with Crippen LogP contribution in [-0.2, 0) is 0 Å². The molecular formula is C22H16N4O2. The first kappa shape index (κ1) is 16.1. The van der Waals surface area contributed by atoms with Gasteiger partial charge in [-0.25, -0.2) is 0 Å². The van der Waals surface area contributed by atoms with E-state index in [1.807, 2.05) is 0 Å². The van der Waals surface area contributed by atoms with Crippen LogP contribution < -0.4 is 22.9 Å². The fourth-order valence-electron chi connectivity index (χ4n) is 3.81. The molecule has 4 aromatic rings. The van der Waals surface area contributed by atoms with Crippen molar-refractivity contribution in [2.75, 3.05) is 22.9 Å². The third kappa shape index (κ3) is 2.08. The smallest absolute Gasteiger partial charge is 0.194 e. The molecule has 28 heavy (non-hydrogen) atoms. The Hall–Kier alpha value is -4.06. The van der Waals surface area contributed by atoms with Gasteiger partial charge in [0.25, 0.3) is 0 Å². The number of rotatable bonds is 0. The SMILES string of the molecule is Nc1cc2cc3c(cc2cc1N)C(=O)c1cc2cc(N)c(N)cc2cc1C3=O. The Balaban J connectivity index is 1.80. The van der Waals surface area contributed by atoms with Crippen LogP contribution in [0.15, 0.2) is 48.5 Å². The second kappa shape index (κ2) is 5.23. The lowest BCUT2D eigenvalue weighted by molar-refractivity contribution is 0.0979. The Morgan fingerprint density at radius 3 is 0.821 bits per heavy atom. The fourth-order valence-corrected chi connectivity index (χ4v) is 3.81. The summed E-state index contributed by atoms with van der Waals surface area (Å²) in [5.74, 6) is -0.418. The van der Waals surface area contributed by atoms with E-state index in [4.69, 9.17) is 22.9 Å². The lowest BCUT2D eigenvalue weighted by atomic mass is 9.81. The van der Waals surface area contributed by atoms with Crippen LogP contribution in [0.5, 0.6) is 0 Å². The van der Waals surface area contributed by atoms with Crippen LogP contribution in [0.3, 0.4) is 0 Å². The summed E-state index contributed by atoms with van der Waals surface area (Å²) < 4.78 is 0. The van der Waals surface area contributed by atoms with Gasteiger partial charge in [-0.15, -0.1) is 0 Å². The summed E-state index contributed by atoms with van der Waals surface area (Å²) in [6, 6.07) is 13.6. The van der Waals surface area contributed by atoms with Gasteiger partial charge in [0.05, 0.1) is 22.7 Å². The molecule has 8 N–H and O–H groups in total. The standard InChI is InChI=1S/C22H16N4O2/c23-17-5-9-1-13-14(2-10(9)6-18(17)24)22(28)16-4-12-8-20(26)19(25)7-11(12)3-15(16)21(13)27/h1-8H,23-26H2. The van der Waals surface area contributed by atoms with Crippen molar-refractivity contribution < 1.29 is 9.59 Å². The molecule has 0 aromatic heterocycles. The molecular weight excluding hydrogens is 352 g/mol. The minimum Gasteiger partial charge on any atom is -0.397 e. The average Bonchev–Trinajstić information content (AvgIpc) is 2.66. The van der Waals surface area contributed by atoms with Crippen LogP contribution in [0.1, 0.15) is 31.8 Å². The molecule has 0 atom stereocenters. The molecule has 6 heteroatoms. The molecule has 0 saturated carbocycles. The maximum absolute atomic E-state index is 13.2. The van der Waals surface area contributed by atoms with Crippen molar-refractivity contribution in [3.05, 3.63) is 70.8 Å². The van der Waals surface area contributed by atoms with E-state index in [0.717, 1.165) is 21.5 Å². The normalized spacial score (nSPS) is 13.0. The van der Waals surface area contributed by atoms with Crippen LogP contribution in [0.2, 0.25) is 0 Å². The zero-order chi connectivity index (χ0) is 19.7. The second-order valence-corrected chi connectivity index (χ2v) is 7.11. The van der Waals surface area contributed by atoms with Crippen molar-refractivity contribution in [3.8, 4) is 0 Å². The van der Waals surface area contributed by atoms with E-state index in [1.54, 1.807) is 48.5 Å². The van der Waals surface area contributed by atoms with Gasteiger partial charge in [0.1, 0.15) is 0 Å². The summed E-state index contributed by atoms with van der Waals surface area (Å²) in [4.78, 5) is 26.4. The van der Waals surface area contributed by atoms with Gasteiger partial charge in [0, 0.05) is 22.3 Å². The fraction of sp³-hybridized carbons (Fsp3) is 0. The average molecular weight is 368 g/mol. The number of nitrogens with two attached hydrogens (primary N) is 4. The molecule has 1 aliphatic rings. The van der Waals surface area contributed by atoms with Crippen LogP contribution in [0, 0.1) is 0 Å². The van der Waals surface area contributed by atoms with E-state index in [2.05, 4.69) is 0 Å². The van der Waals surface area contributed by atoms with E-state index in [0.29, 0.717) is 45.0 Å². The van der Waals surface area contributed by atoms with Gasteiger partial charge in [0.2, 0.25) is 0 Å². The van der Waals surface area contributed by atoms with Gasteiger partial charge in [-0.3, -0.25) is 9.59 Å². The molecule has 0 aliphatic heterocycles. The van der Waals surface area contributed by atoms with Crippen molar-refractivity contribution in [1.29, 1.82) is 0 Å². The third-order valence-electron chi connectivity index (χ3n) is 5.34. The summed E-state index contributed by atoms with van der Waals surface area (Å²) in [5.41, 5.74) is 26.7. The Bertz CT molecular complexity index is 1180. The van der Waals surface area contributed by atoms with Crippen LogP contribution in [0.25, 0.3) is 21.5 Å². The summed E-state index contributed by atoms with van der Waals surface area (Å²) >= 11 is 0. The van der Waals surface area contributed by atoms with Crippen molar-refractivity contribution in [2.24, 2.45) is 0 Å². The van der Waals surface area contributed by atoms with E-state index in [1.165, 1.54) is 0 Å². The molecule has 0 spiro atoms. The minimum absolute atomic E-state index is 0.209. The predicted octanol–water partition coefficient (Wildman–Crippen LogP) is 3.10. The molecule has 5 rings (SSSR count). The van der Waals surface area contributed by atoms with E-state index in [9.17, 15) is 9.59 Å². The van der Waals surface area contributed by atoms with Gasteiger partial charge in [0.15, 0.2) is 11.6 Å². The highest BCUT2D eigenvalue weighted by atomic mass is 16.1. The van der Waals surface area contributed by atoms with E-state index >= 15 is 0 Å². The van der Waals surface area contributed by atoms with E-state index < -0.39 is 0 Å². The highest BCUT2D eigenvalue weighted by Crippen LogP contribution is 2.35. The zero-order valence-electron chi connectivity index (χ0n) is 14.7. The van der Waals surface area contributed by atoms with Gasteiger partial charge in [-0.05, 0) is 70.1 Å². The Labute approximate surface area is 159 Å². The molecule has 1 aliphatic carbocycles. The lowest BCUT2D eigenvalue weighted by Gasteiger charge is -2.19. The summed E-state index contributed by atoms with van der Waals surface area (Å²) in [6.07, 6.45) is 0. The highest BCUT2D eigenvalue weighted by Gasteiger charge is 2.30. The molecule has 136 valence electrons. The van der Waals surface area contributed by atoms with Crippen LogP contribution in [0.4, 0.5) is 22.7 Å². The number of fused-ring (bicyclic) bond motifs is 4. The number of ketones is 2. The molecule has 4 aromatic carbocycles. The first-order valence-corrected chi connectivity index (χ1v) is 8.68. The van der Waals surface area contributed by atoms with Crippen molar-refractivity contribution in [3.63, 3.8) is 0 Å². The largest absolute Gasteiger partial charge is 0.397 e. The lowest BCUT2D eigenvalue weighted by Crippen LogP contribution is -2.21. The Morgan fingerprint density at radius 2 is 0.607 bits per heavy atom. The number of anilines is 4. The van der Waals surface area contributed by atoms with E-state index in [-0.39, 0.29) is 11.6 Å². The predicted molar refractivity (Wildman–Crippen MR) is 112 cm³/mol. The molecule has 0 heterocycles. The molecule has 0 unspecified atom stereocenters. The summed E-state index contributed by atoms with van der Waals surface area (Å²) in [5, 5.41) is 3.03. The van der Waals surface area contributed by atoms with Gasteiger partial charge in [-0.1, -0.05) is 0 Å². The van der Waals surface area contributed by atoms with Crippen molar-refractivity contribution >= 4 is 55.9 Å². The summed E-state index contributed by atoms with van der Waals surface area (Å²) in [7, 11) is 0. The molecule has 0 radical (unpaired) electrons. The maximum Gasteiger partial charge on any atom is 0.194 e. The van der Waals surface area contributed by atoms with Crippen LogP contribution >= 0.6 is 0 Å². The van der Waals surface area contributed by atoms with Gasteiger partial charge in [-0.2, -0.15) is 0 Å². The van der Waals surface area contributed by atoms with Crippen LogP contribution in [-0.4, -0.2) is 11.6 Å². The molecule has 6 nitrogen and oxygen atoms in total. The second-order valence-electron chi connectivity index (χ2n) is 7.11. The molecule has 0 bridgehead atoms. The minimum atomic E-state index is -0.209.